The molecule has 0 saturated carbocycles. The summed E-state index contributed by atoms with van der Waals surface area (Å²) in [5.74, 6) is 0. The van der Waals surface area contributed by atoms with Crippen molar-refractivity contribution in [3.05, 3.63) is 29.6 Å². The Morgan fingerprint density at radius 2 is 2.19 bits per heavy atom. The quantitative estimate of drug-likeness (QED) is 0.825. The molecule has 2 heterocycles. The van der Waals surface area contributed by atoms with Crippen LogP contribution in [0.15, 0.2) is 18.3 Å². The maximum Gasteiger partial charge on any atom is 0.0517 e. The van der Waals surface area contributed by atoms with Crippen molar-refractivity contribution in [1.29, 1.82) is 0 Å². The van der Waals surface area contributed by atoms with Gasteiger partial charge in [-0.1, -0.05) is 6.07 Å². The summed E-state index contributed by atoms with van der Waals surface area (Å²) < 4.78 is 0. The summed E-state index contributed by atoms with van der Waals surface area (Å²) in [5.41, 5.74) is 8.52. The third-order valence-corrected chi connectivity index (χ3v) is 3.42. The predicted octanol–water partition coefficient (Wildman–Crippen LogP) is 1.87. The molecule has 0 spiro atoms. The largest absolute Gasteiger partial charge is 0.326 e. The lowest BCUT2D eigenvalue weighted by molar-refractivity contribution is 0.198. The second-order valence-electron chi connectivity index (χ2n) is 4.96. The van der Waals surface area contributed by atoms with Gasteiger partial charge in [0.1, 0.15) is 0 Å². The lowest BCUT2D eigenvalue weighted by Gasteiger charge is -2.30. The standard InChI is InChI=1S/C13H21N3/c1-9(2)16-7-6-12(14)13(16)11-5-4-10(3)15-8-11/h4-5,8-9,12-13H,6-7,14H2,1-3H3/t12-,13+/m1/s1. The van der Waals surface area contributed by atoms with Crippen LogP contribution in [0.5, 0.6) is 0 Å². The minimum absolute atomic E-state index is 0.243. The van der Waals surface area contributed by atoms with Crippen LogP contribution in [-0.2, 0) is 0 Å². The molecule has 3 heteroatoms. The van der Waals surface area contributed by atoms with Gasteiger partial charge in [0, 0.05) is 30.5 Å². The van der Waals surface area contributed by atoms with E-state index in [1.165, 1.54) is 5.56 Å². The Kier molecular flexibility index (Phi) is 3.26. The van der Waals surface area contributed by atoms with E-state index in [1.807, 2.05) is 13.1 Å². The van der Waals surface area contributed by atoms with Crippen molar-refractivity contribution >= 4 is 0 Å². The van der Waals surface area contributed by atoms with Crippen molar-refractivity contribution in [3.63, 3.8) is 0 Å². The van der Waals surface area contributed by atoms with Crippen molar-refractivity contribution in [2.45, 2.75) is 45.3 Å². The number of rotatable bonds is 2. The Morgan fingerprint density at radius 1 is 1.44 bits per heavy atom. The minimum Gasteiger partial charge on any atom is -0.326 e. The highest BCUT2D eigenvalue weighted by Gasteiger charge is 2.34. The Hall–Kier alpha value is -0.930. The number of hydrogen-bond acceptors (Lipinski definition) is 3. The predicted molar refractivity (Wildman–Crippen MR) is 66.1 cm³/mol. The average Bonchev–Trinajstić information content (AvgIpc) is 2.62. The van der Waals surface area contributed by atoms with E-state index in [9.17, 15) is 0 Å². The maximum absolute atomic E-state index is 6.21. The van der Waals surface area contributed by atoms with Crippen LogP contribution in [-0.4, -0.2) is 28.5 Å². The highest BCUT2D eigenvalue weighted by molar-refractivity contribution is 5.20. The number of hydrogen-bond donors (Lipinski definition) is 1. The van der Waals surface area contributed by atoms with Gasteiger partial charge >= 0.3 is 0 Å². The summed E-state index contributed by atoms with van der Waals surface area (Å²) in [4.78, 5) is 6.84. The fourth-order valence-electron chi connectivity index (χ4n) is 2.51. The summed E-state index contributed by atoms with van der Waals surface area (Å²) in [6.07, 6.45) is 3.05. The van der Waals surface area contributed by atoms with Gasteiger partial charge in [0.05, 0.1) is 6.04 Å². The summed E-state index contributed by atoms with van der Waals surface area (Å²) in [6.45, 7) is 7.56. The minimum atomic E-state index is 0.243. The van der Waals surface area contributed by atoms with Crippen molar-refractivity contribution in [1.82, 2.24) is 9.88 Å². The molecule has 0 aromatic carbocycles. The molecule has 1 aromatic rings. The molecule has 0 unspecified atom stereocenters. The number of pyridine rings is 1. The SMILES string of the molecule is Cc1ccc([C@H]2[C@H](N)CCN2C(C)C)cn1. The van der Waals surface area contributed by atoms with E-state index in [-0.39, 0.29) is 6.04 Å². The Morgan fingerprint density at radius 3 is 2.75 bits per heavy atom. The highest BCUT2D eigenvalue weighted by atomic mass is 15.2. The van der Waals surface area contributed by atoms with Gasteiger partial charge < -0.3 is 5.73 Å². The van der Waals surface area contributed by atoms with Crippen LogP contribution < -0.4 is 5.73 Å². The Balaban J connectivity index is 2.26. The molecule has 1 saturated heterocycles. The van der Waals surface area contributed by atoms with E-state index in [4.69, 9.17) is 5.73 Å². The van der Waals surface area contributed by atoms with Crippen molar-refractivity contribution in [3.8, 4) is 0 Å². The van der Waals surface area contributed by atoms with Gasteiger partial charge in [-0.05, 0) is 38.8 Å². The first-order valence-corrected chi connectivity index (χ1v) is 6.03. The molecule has 0 aliphatic carbocycles. The lowest BCUT2D eigenvalue weighted by atomic mass is 10.0. The van der Waals surface area contributed by atoms with E-state index >= 15 is 0 Å². The average molecular weight is 219 g/mol. The molecule has 2 atom stereocenters. The summed E-state index contributed by atoms with van der Waals surface area (Å²) in [5, 5.41) is 0. The monoisotopic (exact) mass is 219 g/mol. The molecule has 1 fully saturated rings. The molecular weight excluding hydrogens is 198 g/mol. The van der Waals surface area contributed by atoms with Crippen LogP contribution in [0, 0.1) is 6.92 Å². The Bertz CT molecular complexity index is 345. The molecule has 0 amide bonds. The normalized spacial score (nSPS) is 26.6. The fourth-order valence-corrected chi connectivity index (χ4v) is 2.51. The highest BCUT2D eigenvalue weighted by Crippen LogP contribution is 2.32. The van der Waals surface area contributed by atoms with E-state index in [2.05, 4.69) is 35.9 Å². The molecule has 1 aliphatic rings. The molecule has 0 bridgehead atoms. The first-order chi connectivity index (χ1) is 7.59. The van der Waals surface area contributed by atoms with Gasteiger partial charge in [-0.25, -0.2) is 0 Å². The third-order valence-electron chi connectivity index (χ3n) is 3.42. The Labute approximate surface area is 97.7 Å². The van der Waals surface area contributed by atoms with Gasteiger partial charge in [-0.2, -0.15) is 0 Å². The van der Waals surface area contributed by atoms with Gasteiger partial charge in [0.25, 0.3) is 0 Å². The number of likely N-dealkylation sites (tertiary alicyclic amines) is 1. The van der Waals surface area contributed by atoms with Crippen LogP contribution in [0.2, 0.25) is 0 Å². The van der Waals surface area contributed by atoms with Gasteiger partial charge in [0.2, 0.25) is 0 Å². The smallest absolute Gasteiger partial charge is 0.0517 e. The van der Waals surface area contributed by atoms with Crippen LogP contribution >= 0.6 is 0 Å². The molecule has 16 heavy (non-hydrogen) atoms. The molecule has 88 valence electrons. The molecule has 2 rings (SSSR count). The summed E-state index contributed by atoms with van der Waals surface area (Å²) in [6, 6.07) is 5.35. The van der Waals surface area contributed by atoms with Crippen molar-refractivity contribution in [2.75, 3.05) is 6.54 Å². The molecule has 1 aliphatic heterocycles. The fraction of sp³-hybridized carbons (Fsp3) is 0.615. The van der Waals surface area contributed by atoms with Crippen LogP contribution in [0.25, 0.3) is 0 Å². The van der Waals surface area contributed by atoms with Crippen molar-refractivity contribution in [2.24, 2.45) is 5.73 Å². The molecule has 0 radical (unpaired) electrons. The topological polar surface area (TPSA) is 42.1 Å². The second kappa shape index (κ2) is 4.52. The van der Waals surface area contributed by atoms with E-state index in [0.29, 0.717) is 12.1 Å². The van der Waals surface area contributed by atoms with Crippen molar-refractivity contribution < 1.29 is 0 Å². The van der Waals surface area contributed by atoms with Crippen LogP contribution in [0.1, 0.15) is 37.6 Å². The van der Waals surface area contributed by atoms with Crippen LogP contribution in [0.3, 0.4) is 0 Å². The zero-order valence-corrected chi connectivity index (χ0v) is 10.4. The summed E-state index contributed by atoms with van der Waals surface area (Å²) in [7, 11) is 0. The van der Waals surface area contributed by atoms with Gasteiger partial charge in [0.15, 0.2) is 0 Å². The third kappa shape index (κ3) is 2.11. The second-order valence-corrected chi connectivity index (χ2v) is 4.96. The molecule has 2 N–H and O–H groups in total. The zero-order chi connectivity index (χ0) is 11.7. The van der Waals surface area contributed by atoms with Gasteiger partial charge in [-0.15, -0.1) is 0 Å². The van der Waals surface area contributed by atoms with E-state index in [0.717, 1.165) is 18.7 Å². The summed E-state index contributed by atoms with van der Waals surface area (Å²) >= 11 is 0. The first-order valence-electron chi connectivity index (χ1n) is 6.03. The van der Waals surface area contributed by atoms with E-state index in [1.54, 1.807) is 0 Å². The molecular formula is C13H21N3. The molecule has 1 aromatic heterocycles. The van der Waals surface area contributed by atoms with E-state index < -0.39 is 0 Å². The number of aryl methyl sites for hydroxylation is 1. The zero-order valence-electron chi connectivity index (χ0n) is 10.4. The molecule has 3 nitrogen and oxygen atoms in total. The number of nitrogens with two attached hydrogens (primary N) is 1. The van der Waals surface area contributed by atoms with Gasteiger partial charge in [-0.3, -0.25) is 9.88 Å². The number of aromatic nitrogens is 1. The maximum atomic E-state index is 6.21. The lowest BCUT2D eigenvalue weighted by Crippen LogP contribution is -2.35. The first kappa shape index (κ1) is 11.6. The number of nitrogens with zero attached hydrogens (tertiary/aromatic N) is 2. The van der Waals surface area contributed by atoms with Crippen LogP contribution in [0.4, 0.5) is 0 Å².